The normalized spacial score (nSPS) is 26.4. The van der Waals surface area contributed by atoms with Gasteiger partial charge >= 0.3 is 0 Å². The van der Waals surface area contributed by atoms with Crippen LogP contribution in [-0.2, 0) is 5.60 Å². The Kier molecular flexibility index (Phi) is 4.70. The Hall–Kier alpha value is -2.92. The minimum atomic E-state index is -0.937. The first-order valence-corrected chi connectivity index (χ1v) is 10.7. The molecule has 2 fully saturated rings. The monoisotopic (exact) mass is 403 g/mol. The van der Waals surface area contributed by atoms with Gasteiger partial charge in [0, 0.05) is 24.6 Å². The average molecular weight is 403 g/mol. The Labute approximate surface area is 174 Å². The van der Waals surface area contributed by atoms with E-state index < -0.39 is 5.60 Å². The highest BCUT2D eigenvalue weighted by molar-refractivity contribution is 5.93. The lowest BCUT2D eigenvalue weighted by molar-refractivity contribution is -0.110. The zero-order valence-corrected chi connectivity index (χ0v) is 16.8. The van der Waals surface area contributed by atoms with Gasteiger partial charge in [0.15, 0.2) is 11.2 Å². The van der Waals surface area contributed by atoms with E-state index >= 15 is 0 Å². The summed E-state index contributed by atoms with van der Waals surface area (Å²) in [7, 11) is 0. The van der Waals surface area contributed by atoms with Crippen LogP contribution in [0.3, 0.4) is 0 Å². The van der Waals surface area contributed by atoms with E-state index in [2.05, 4.69) is 0 Å². The van der Waals surface area contributed by atoms with Gasteiger partial charge in [0.25, 0.3) is 5.91 Å². The smallest absolute Gasteiger partial charge is 0.289 e. The Morgan fingerprint density at radius 1 is 1.03 bits per heavy atom. The fourth-order valence-electron chi connectivity index (χ4n) is 5.37. The molecule has 0 radical (unpaired) electrons. The maximum atomic E-state index is 13.4. The number of carbonyl (C=O) groups excluding carboxylic acids is 1. The number of benzene rings is 2. The van der Waals surface area contributed by atoms with Crippen LogP contribution >= 0.6 is 0 Å². The SMILES string of the molecule is O=C(c1cc(=O)c2ccccc2o1)N1CC[C@](O)(c2ccccc2)[C@@H]2CCCCC21. The lowest BCUT2D eigenvalue weighted by Crippen LogP contribution is -2.59. The third-order valence-corrected chi connectivity index (χ3v) is 6.86. The molecule has 1 aliphatic heterocycles. The highest BCUT2D eigenvalue weighted by Crippen LogP contribution is 2.47. The molecule has 3 aromatic rings. The van der Waals surface area contributed by atoms with E-state index in [1.807, 2.05) is 35.2 Å². The van der Waals surface area contributed by atoms with Crippen LogP contribution in [0.5, 0.6) is 0 Å². The van der Waals surface area contributed by atoms with Crippen LogP contribution in [0.4, 0.5) is 0 Å². The van der Waals surface area contributed by atoms with Crippen LogP contribution in [-0.4, -0.2) is 28.5 Å². The van der Waals surface area contributed by atoms with Crippen LogP contribution in [0.25, 0.3) is 11.0 Å². The number of piperidine rings is 1. The number of hydrogen-bond donors (Lipinski definition) is 1. The second kappa shape index (κ2) is 7.40. The van der Waals surface area contributed by atoms with Crippen LogP contribution in [0, 0.1) is 5.92 Å². The van der Waals surface area contributed by atoms with Crippen LogP contribution in [0.2, 0.25) is 0 Å². The maximum absolute atomic E-state index is 13.4. The summed E-state index contributed by atoms with van der Waals surface area (Å²) in [5.41, 5.74) is 0.198. The van der Waals surface area contributed by atoms with Gasteiger partial charge in [0.1, 0.15) is 5.58 Å². The molecule has 30 heavy (non-hydrogen) atoms. The zero-order valence-electron chi connectivity index (χ0n) is 16.8. The predicted molar refractivity (Wildman–Crippen MR) is 114 cm³/mol. The number of likely N-dealkylation sites (tertiary alicyclic amines) is 1. The van der Waals surface area contributed by atoms with Crippen molar-refractivity contribution in [2.24, 2.45) is 5.92 Å². The number of hydrogen-bond acceptors (Lipinski definition) is 4. The summed E-state index contributed by atoms with van der Waals surface area (Å²) in [5.74, 6) is -0.212. The highest BCUT2D eigenvalue weighted by atomic mass is 16.3. The Bertz CT molecular complexity index is 1140. The van der Waals surface area contributed by atoms with Crippen molar-refractivity contribution in [1.29, 1.82) is 0 Å². The Morgan fingerprint density at radius 2 is 1.77 bits per heavy atom. The second-order valence-corrected chi connectivity index (χ2v) is 8.47. The molecule has 2 aromatic carbocycles. The van der Waals surface area contributed by atoms with Gasteiger partial charge in [-0.3, -0.25) is 9.59 Å². The molecule has 3 atom stereocenters. The molecule has 1 saturated carbocycles. The fourth-order valence-corrected chi connectivity index (χ4v) is 5.37. The third-order valence-electron chi connectivity index (χ3n) is 6.86. The van der Waals surface area contributed by atoms with E-state index in [4.69, 9.17) is 4.42 Å². The molecule has 1 N–H and O–H groups in total. The van der Waals surface area contributed by atoms with Crippen molar-refractivity contribution in [3.8, 4) is 0 Å². The predicted octanol–water partition coefficient (Wildman–Crippen LogP) is 4.09. The number of nitrogens with zero attached hydrogens (tertiary/aromatic N) is 1. The molecular formula is C25H25NO4. The fraction of sp³-hybridized carbons (Fsp3) is 0.360. The number of para-hydroxylation sites is 1. The molecule has 1 amide bonds. The third kappa shape index (κ3) is 3.05. The summed E-state index contributed by atoms with van der Waals surface area (Å²) in [6.45, 7) is 0.432. The zero-order chi connectivity index (χ0) is 20.7. The summed E-state index contributed by atoms with van der Waals surface area (Å²) in [6, 6.07) is 18.0. The molecule has 1 aliphatic carbocycles. The lowest BCUT2D eigenvalue weighted by Gasteiger charge is -2.52. The molecule has 1 aromatic heterocycles. The van der Waals surface area contributed by atoms with Crippen molar-refractivity contribution in [1.82, 2.24) is 4.90 Å². The van der Waals surface area contributed by atoms with Gasteiger partial charge in [-0.05, 0) is 37.0 Å². The van der Waals surface area contributed by atoms with E-state index in [1.54, 1.807) is 24.3 Å². The average Bonchev–Trinajstić information content (AvgIpc) is 2.80. The molecule has 5 rings (SSSR count). The molecule has 1 saturated heterocycles. The number of aliphatic hydroxyl groups is 1. The van der Waals surface area contributed by atoms with Crippen molar-refractivity contribution in [2.75, 3.05) is 6.54 Å². The molecule has 2 heterocycles. The Morgan fingerprint density at radius 3 is 2.60 bits per heavy atom. The van der Waals surface area contributed by atoms with E-state index in [0.29, 0.717) is 23.9 Å². The van der Waals surface area contributed by atoms with Crippen molar-refractivity contribution >= 4 is 16.9 Å². The quantitative estimate of drug-likeness (QED) is 0.700. The maximum Gasteiger partial charge on any atom is 0.289 e. The first-order valence-electron chi connectivity index (χ1n) is 10.7. The van der Waals surface area contributed by atoms with E-state index in [9.17, 15) is 14.7 Å². The van der Waals surface area contributed by atoms with Gasteiger partial charge in [0.05, 0.1) is 11.0 Å². The number of carbonyl (C=O) groups is 1. The van der Waals surface area contributed by atoms with Gasteiger partial charge in [0.2, 0.25) is 0 Å². The molecule has 1 unspecified atom stereocenters. The molecule has 5 heteroatoms. The van der Waals surface area contributed by atoms with E-state index in [-0.39, 0.29) is 29.1 Å². The van der Waals surface area contributed by atoms with Crippen LogP contribution in [0.1, 0.15) is 48.2 Å². The summed E-state index contributed by atoms with van der Waals surface area (Å²) >= 11 is 0. The molecule has 0 spiro atoms. The number of fused-ring (bicyclic) bond motifs is 2. The van der Waals surface area contributed by atoms with Crippen molar-refractivity contribution in [3.05, 3.63) is 82.2 Å². The molecular weight excluding hydrogens is 378 g/mol. The van der Waals surface area contributed by atoms with Crippen molar-refractivity contribution in [3.63, 3.8) is 0 Å². The minimum absolute atomic E-state index is 0.0291. The first-order chi connectivity index (χ1) is 14.6. The van der Waals surface area contributed by atoms with Gasteiger partial charge in [-0.15, -0.1) is 0 Å². The Balaban J connectivity index is 1.50. The number of amides is 1. The summed E-state index contributed by atoms with van der Waals surface area (Å²) in [6.07, 6.45) is 4.27. The second-order valence-electron chi connectivity index (χ2n) is 8.47. The summed E-state index contributed by atoms with van der Waals surface area (Å²) in [4.78, 5) is 27.7. The summed E-state index contributed by atoms with van der Waals surface area (Å²) < 4.78 is 5.82. The largest absolute Gasteiger partial charge is 0.451 e. The topological polar surface area (TPSA) is 70.8 Å². The van der Waals surface area contributed by atoms with Gasteiger partial charge < -0.3 is 14.4 Å². The van der Waals surface area contributed by atoms with Gasteiger partial charge in [-0.25, -0.2) is 0 Å². The molecule has 5 nitrogen and oxygen atoms in total. The van der Waals surface area contributed by atoms with Crippen LogP contribution < -0.4 is 5.43 Å². The molecule has 154 valence electrons. The van der Waals surface area contributed by atoms with Crippen molar-refractivity contribution < 1.29 is 14.3 Å². The van der Waals surface area contributed by atoms with E-state index in [1.165, 1.54) is 6.07 Å². The summed E-state index contributed by atoms with van der Waals surface area (Å²) in [5, 5.41) is 12.2. The first kappa shape index (κ1) is 19.1. The standard InChI is InChI=1S/C25H25NO4/c27-21-16-23(30-22-13-7-4-10-18(21)22)24(28)26-15-14-25(29,17-8-2-1-3-9-17)19-11-5-6-12-20(19)26/h1-4,7-10,13,16,19-20,29H,5-6,11-12,14-15H2/t19-,20?,25+/m1/s1. The van der Waals surface area contributed by atoms with Crippen LogP contribution in [0.15, 0.2) is 69.9 Å². The highest BCUT2D eigenvalue weighted by Gasteiger charge is 2.50. The lowest BCUT2D eigenvalue weighted by atomic mass is 9.66. The van der Waals surface area contributed by atoms with Crippen molar-refractivity contribution in [2.45, 2.75) is 43.7 Å². The van der Waals surface area contributed by atoms with Gasteiger partial charge in [-0.2, -0.15) is 0 Å². The van der Waals surface area contributed by atoms with E-state index in [0.717, 1.165) is 31.2 Å². The molecule has 0 bridgehead atoms. The molecule has 2 aliphatic rings. The minimum Gasteiger partial charge on any atom is -0.451 e. The van der Waals surface area contributed by atoms with Gasteiger partial charge in [-0.1, -0.05) is 55.3 Å². The number of rotatable bonds is 2.